The Kier molecular flexibility index (Phi) is 5.34. The zero-order valence-corrected chi connectivity index (χ0v) is 15.7. The molecule has 4 aromatic rings. The molecule has 3 aromatic carbocycles. The summed E-state index contributed by atoms with van der Waals surface area (Å²) < 4.78 is 15.2. The number of benzene rings is 3. The molecule has 0 atom stereocenters. The van der Waals surface area contributed by atoms with E-state index >= 15 is 0 Å². The number of aromatic nitrogens is 2. The monoisotopic (exact) mass is 400 g/mol. The van der Waals surface area contributed by atoms with Crippen LogP contribution in [0.4, 0.5) is 15.8 Å². The summed E-state index contributed by atoms with van der Waals surface area (Å²) in [7, 11) is 0. The molecule has 0 aliphatic heterocycles. The third kappa shape index (κ3) is 4.10. The summed E-state index contributed by atoms with van der Waals surface area (Å²) in [5.41, 5.74) is 1.73. The van der Waals surface area contributed by atoms with Gasteiger partial charge in [0.1, 0.15) is 11.5 Å². The largest absolute Gasteiger partial charge is 0.320 e. The second-order valence-electron chi connectivity index (χ2n) is 6.42. The van der Waals surface area contributed by atoms with Crippen molar-refractivity contribution in [3.05, 3.63) is 108 Å². The van der Waals surface area contributed by atoms with Crippen LogP contribution in [0.15, 0.2) is 91.1 Å². The average molecular weight is 400 g/mol. The number of para-hydroxylation sites is 3. The maximum Gasteiger partial charge on any atom is 0.276 e. The Morgan fingerprint density at radius 3 is 2.03 bits per heavy atom. The van der Waals surface area contributed by atoms with Gasteiger partial charge in [0.15, 0.2) is 5.69 Å². The van der Waals surface area contributed by atoms with E-state index in [0.717, 1.165) is 0 Å². The van der Waals surface area contributed by atoms with Crippen LogP contribution in [0.3, 0.4) is 0 Å². The zero-order chi connectivity index (χ0) is 20.9. The van der Waals surface area contributed by atoms with E-state index in [0.29, 0.717) is 16.9 Å². The molecule has 0 saturated heterocycles. The molecule has 2 amide bonds. The molecule has 0 fully saturated rings. The molecule has 0 spiro atoms. The highest BCUT2D eigenvalue weighted by atomic mass is 19.1. The molecule has 2 N–H and O–H groups in total. The van der Waals surface area contributed by atoms with Gasteiger partial charge in [-0.25, -0.2) is 9.07 Å². The normalized spacial score (nSPS) is 10.4. The summed E-state index contributed by atoms with van der Waals surface area (Å²) in [4.78, 5) is 25.1. The van der Waals surface area contributed by atoms with Crippen LogP contribution in [-0.4, -0.2) is 21.6 Å². The highest BCUT2D eigenvalue weighted by molar-refractivity contribution is 6.09. The molecule has 4 rings (SSSR count). The van der Waals surface area contributed by atoms with Gasteiger partial charge in [-0.05, 0) is 42.5 Å². The third-order valence-corrected chi connectivity index (χ3v) is 4.38. The van der Waals surface area contributed by atoms with Crippen LogP contribution in [0.5, 0.6) is 0 Å². The average Bonchev–Trinajstić information content (AvgIpc) is 3.26. The minimum Gasteiger partial charge on any atom is -0.320 e. The van der Waals surface area contributed by atoms with Crippen molar-refractivity contribution < 1.29 is 14.0 Å². The number of hydrogen-bond acceptors (Lipinski definition) is 3. The molecule has 6 nitrogen and oxygen atoms in total. The molecule has 0 aliphatic carbocycles. The van der Waals surface area contributed by atoms with E-state index in [1.54, 1.807) is 66.7 Å². The number of anilines is 2. The van der Waals surface area contributed by atoms with Crippen LogP contribution in [0.25, 0.3) is 5.69 Å². The van der Waals surface area contributed by atoms with Crippen molar-refractivity contribution in [1.82, 2.24) is 9.78 Å². The third-order valence-electron chi connectivity index (χ3n) is 4.38. The lowest BCUT2D eigenvalue weighted by atomic mass is 10.2. The Hall–Kier alpha value is -4.26. The lowest BCUT2D eigenvalue weighted by Gasteiger charge is -2.11. The standard InChI is InChI=1S/C23H17FN4O2/c24-17-10-4-7-13-21(17)28-15-14-20(27-28)23(30)26-19-12-6-5-11-18(19)25-22(29)16-8-2-1-3-9-16/h1-15H,(H,25,29)(H,26,30). The topological polar surface area (TPSA) is 76.0 Å². The number of amides is 2. The van der Waals surface area contributed by atoms with Crippen LogP contribution >= 0.6 is 0 Å². The molecule has 0 radical (unpaired) electrons. The molecule has 1 aromatic heterocycles. The van der Waals surface area contributed by atoms with Crippen molar-refractivity contribution in [1.29, 1.82) is 0 Å². The smallest absolute Gasteiger partial charge is 0.276 e. The number of rotatable bonds is 5. The zero-order valence-electron chi connectivity index (χ0n) is 15.7. The Labute approximate surface area is 172 Å². The summed E-state index contributed by atoms with van der Waals surface area (Å²) in [5.74, 6) is -1.21. The predicted octanol–water partition coefficient (Wildman–Crippen LogP) is 4.52. The first-order valence-electron chi connectivity index (χ1n) is 9.19. The Morgan fingerprint density at radius 1 is 0.733 bits per heavy atom. The second kappa shape index (κ2) is 8.40. The van der Waals surface area contributed by atoms with E-state index < -0.39 is 11.7 Å². The molecule has 1 heterocycles. The van der Waals surface area contributed by atoms with Crippen LogP contribution < -0.4 is 10.6 Å². The van der Waals surface area contributed by atoms with Gasteiger partial charge in [-0.2, -0.15) is 5.10 Å². The Balaban J connectivity index is 1.52. The van der Waals surface area contributed by atoms with Crippen LogP contribution in [0.1, 0.15) is 20.8 Å². The maximum atomic E-state index is 13.9. The Bertz CT molecular complexity index is 1200. The fourth-order valence-corrected chi connectivity index (χ4v) is 2.89. The number of nitrogens with zero attached hydrogens (tertiary/aromatic N) is 2. The Morgan fingerprint density at radius 2 is 1.33 bits per heavy atom. The van der Waals surface area contributed by atoms with E-state index in [-0.39, 0.29) is 17.3 Å². The lowest BCUT2D eigenvalue weighted by Crippen LogP contribution is -2.17. The molecule has 0 bridgehead atoms. The van der Waals surface area contributed by atoms with Gasteiger partial charge in [0.2, 0.25) is 0 Å². The first-order valence-corrected chi connectivity index (χ1v) is 9.19. The molecular formula is C23H17FN4O2. The molecule has 7 heteroatoms. The van der Waals surface area contributed by atoms with Crippen LogP contribution in [-0.2, 0) is 0 Å². The highest BCUT2D eigenvalue weighted by Gasteiger charge is 2.15. The first-order chi connectivity index (χ1) is 14.6. The van der Waals surface area contributed by atoms with Crippen LogP contribution in [0.2, 0.25) is 0 Å². The molecule has 0 aliphatic rings. The highest BCUT2D eigenvalue weighted by Crippen LogP contribution is 2.22. The van der Waals surface area contributed by atoms with E-state index in [1.165, 1.54) is 23.0 Å². The van der Waals surface area contributed by atoms with Crippen LogP contribution in [0, 0.1) is 5.82 Å². The molecule has 30 heavy (non-hydrogen) atoms. The SMILES string of the molecule is O=C(Nc1ccccc1NC(=O)c1ccn(-c2ccccc2F)n1)c1ccccc1. The van der Waals surface area contributed by atoms with Crippen molar-refractivity contribution in [2.45, 2.75) is 0 Å². The number of nitrogens with one attached hydrogen (secondary N) is 2. The quantitative estimate of drug-likeness (QED) is 0.517. The van der Waals surface area contributed by atoms with Gasteiger partial charge in [0, 0.05) is 11.8 Å². The number of halogens is 1. The molecule has 148 valence electrons. The molecule has 0 unspecified atom stereocenters. The summed E-state index contributed by atoms with van der Waals surface area (Å²) in [6, 6.07) is 23.3. The first kappa shape index (κ1) is 19.1. The fourth-order valence-electron chi connectivity index (χ4n) is 2.89. The van der Waals surface area contributed by atoms with Gasteiger partial charge in [0.25, 0.3) is 11.8 Å². The van der Waals surface area contributed by atoms with Crippen molar-refractivity contribution in [2.75, 3.05) is 10.6 Å². The van der Waals surface area contributed by atoms with Gasteiger partial charge in [0.05, 0.1) is 11.4 Å². The second-order valence-corrected chi connectivity index (χ2v) is 6.42. The van der Waals surface area contributed by atoms with Gasteiger partial charge >= 0.3 is 0 Å². The number of hydrogen-bond donors (Lipinski definition) is 2. The fraction of sp³-hybridized carbons (Fsp3) is 0. The molecule has 0 saturated carbocycles. The van der Waals surface area contributed by atoms with Crippen molar-refractivity contribution in [2.24, 2.45) is 0 Å². The van der Waals surface area contributed by atoms with E-state index in [9.17, 15) is 14.0 Å². The summed E-state index contributed by atoms with van der Waals surface area (Å²) in [6.45, 7) is 0. The molecular weight excluding hydrogens is 383 g/mol. The lowest BCUT2D eigenvalue weighted by molar-refractivity contribution is 0.101. The number of carbonyl (C=O) groups is 2. The predicted molar refractivity (Wildman–Crippen MR) is 112 cm³/mol. The summed E-state index contributed by atoms with van der Waals surface area (Å²) in [5, 5.41) is 9.69. The van der Waals surface area contributed by atoms with Crippen molar-refractivity contribution in [3.63, 3.8) is 0 Å². The van der Waals surface area contributed by atoms with E-state index in [1.807, 2.05) is 6.07 Å². The summed E-state index contributed by atoms with van der Waals surface area (Å²) >= 11 is 0. The van der Waals surface area contributed by atoms with E-state index in [4.69, 9.17) is 0 Å². The van der Waals surface area contributed by atoms with Gasteiger partial charge in [-0.1, -0.05) is 42.5 Å². The number of carbonyl (C=O) groups excluding carboxylic acids is 2. The summed E-state index contributed by atoms with van der Waals surface area (Å²) in [6.07, 6.45) is 1.51. The van der Waals surface area contributed by atoms with E-state index in [2.05, 4.69) is 15.7 Å². The van der Waals surface area contributed by atoms with Gasteiger partial charge in [-0.15, -0.1) is 0 Å². The minimum atomic E-state index is -0.480. The van der Waals surface area contributed by atoms with Crippen molar-refractivity contribution in [3.8, 4) is 5.69 Å². The van der Waals surface area contributed by atoms with Crippen molar-refractivity contribution >= 4 is 23.2 Å². The van der Waals surface area contributed by atoms with Gasteiger partial charge in [-0.3, -0.25) is 9.59 Å². The van der Waals surface area contributed by atoms with Gasteiger partial charge < -0.3 is 10.6 Å². The minimum absolute atomic E-state index is 0.113. The maximum absolute atomic E-state index is 13.9.